The standard InChI is InChI=1S/C26H30ClN7O5/c1-26(2,3)39-25(35)30-16-8-10-22(38-4)19(13-16)31-23-18(27)15-28-24(32-23)29-17-7-9-20(21(14-17)34(36)37)33-11-5-6-12-33/h7-10,13-15H,5-6,11-12H2,1-4H3,(H,30,35)(H2,28,29,31,32). The van der Waals surface area contributed by atoms with E-state index in [-0.39, 0.29) is 27.4 Å². The largest absolute Gasteiger partial charge is 0.495 e. The fourth-order valence-corrected chi connectivity index (χ4v) is 4.19. The molecule has 0 atom stereocenters. The molecule has 2 aromatic carbocycles. The SMILES string of the molecule is COc1ccc(NC(=O)OC(C)(C)C)cc1Nc1nc(Nc2ccc(N3CCCC3)c([N+](=O)[O-])c2)ncc1Cl. The van der Waals surface area contributed by atoms with E-state index in [1.807, 2.05) is 4.90 Å². The van der Waals surface area contributed by atoms with Crippen molar-refractivity contribution in [2.75, 3.05) is 41.0 Å². The molecule has 0 bridgehead atoms. The van der Waals surface area contributed by atoms with Gasteiger partial charge in [0.1, 0.15) is 22.1 Å². The molecule has 4 rings (SSSR count). The Morgan fingerprint density at radius 1 is 1.10 bits per heavy atom. The Hall–Kier alpha value is -4.32. The fraction of sp³-hybridized carbons (Fsp3) is 0.346. The fourth-order valence-electron chi connectivity index (χ4n) is 4.05. The second-order valence-corrected chi connectivity index (χ2v) is 10.2. The van der Waals surface area contributed by atoms with Gasteiger partial charge < -0.3 is 25.0 Å². The lowest BCUT2D eigenvalue weighted by atomic mass is 10.2. The molecule has 0 aliphatic carbocycles. The van der Waals surface area contributed by atoms with Gasteiger partial charge in [-0.2, -0.15) is 4.98 Å². The minimum Gasteiger partial charge on any atom is -0.495 e. The van der Waals surface area contributed by atoms with E-state index in [9.17, 15) is 14.9 Å². The molecule has 0 radical (unpaired) electrons. The number of nitrogens with one attached hydrogen (secondary N) is 3. The van der Waals surface area contributed by atoms with E-state index >= 15 is 0 Å². The van der Waals surface area contributed by atoms with Crippen molar-refractivity contribution in [2.24, 2.45) is 0 Å². The average Bonchev–Trinajstić information content (AvgIpc) is 3.40. The van der Waals surface area contributed by atoms with Crippen LogP contribution in [0.3, 0.4) is 0 Å². The van der Waals surface area contributed by atoms with Crippen molar-refractivity contribution in [1.82, 2.24) is 9.97 Å². The van der Waals surface area contributed by atoms with E-state index < -0.39 is 11.7 Å². The predicted octanol–water partition coefficient (Wildman–Crippen LogP) is 6.48. The van der Waals surface area contributed by atoms with Crippen molar-refractivity contribution in [3.8, 4) is 5.75 Å². The third-order valence-corrected chi connectivity index (χ3v) is 5.99. The number of anilines is 6. The summed E-state index contributed by atoms with van der Waals surface area (Å²) in [5, 5.41) is 20.8. The summed E-state index contributed by atoms with van der Waals surface area (Å²) < 4.78 is 10.7. The number of methoxy groups -OCH3 is 1. The average molecular weight is 556 g/mol. The molecular formula is C26H30ClN7O5. The zero-order valence-corrected chi connectivity index (χ0v) is 22.8. The Kier molecular flexibility index (Phi) is 8.24. The highest BCUT2D eigenvalue weighted by molar-refractivity contribution is 6.33. The normalized spacial score (nSPS) is 13.1. The number of nitro benzene ring substituents is 1. The second kappa shape index (κ2) is 11.6. The molecule has 0 unspecified atom stereocenters. The van der Waals surface area contributed by atoms with Crippen molar-refractivity contribution in [3.05, 3.63) is 57.7 Å². The van der Waals surface area contributed by atoms with Gasteiger partial charge in [-0.3, -0.25) is 15.4 Å². The maximum absolute atomic E-state index is 12.2. The van der Waals surface area contributed by atoms with Gasteiger partial charge in [0.25, 0.3) is 5.69 Å². The molecule has 39 heavy (non-hydrogen) atoms. The number of halogens is 1. The molecule has 1 saturated heterocycles. The van der Waals surface area contributed by atoms with Crippen LogP contribution in [0.15, 0.2) is 42.6 Å². The van der Waals surface area contributed by atoms with Gasteiger partial charge in [-0.15, -0.1) is 0 Å². The third kappa shape index (κ3) is 7.17. The van der Waals surface area contributed by atoms with Crippen LogP contribution in [0, 0.1) is 10.1 Å². The zero-order chi connectivity index (χ0) is 28.2. The van der Waals surface area contributed by atoms with Crippen LogP contribution in [0.4, 0.5) is 45.0 Å². The molecule has 0 saturated carbocycles. The molecule has 1 amide bonds. The first-order valence-electron chi connectivity index (χ1n) is 12.3. The van der Waals surface area contributed by atoms with Crippen LogP contribution in [-0.4, -0.2) is 46.8 Å². The molecule has 206 valence electrons. The van der Waals surface area contributed by atoms with Crippen molar-refractivity contribution < 1.29 is 19.2 Å². The van der Waals surface area contributed by atoms with E-state index in [0.29, 0.717) is 28.5 Å². The van der Waals surface area contributed by atoms with E-state index in [2.05, 4.69) is 25.9 Å². The summed E-state index contributed by atoms with van der Waals surface area (Å²) in [6.45, 7) is 6.91. The lowest BCUT2D eigenvalue weighted by Gasteiger charge is -2.20. The number of benzene rings is 2. The number of ether oxygens (including phenoxy) is 2. The van der Waals surface area contributed by atoms with Crippen LogP contribution in [-0.2, 0) is 4.74 Å². The maximum atomic E-state index is 12.2. The molecular weight excluding hydrogens is 526 g/mol. The first-order valence-corrected chi connectivity index (χ1v) is 12.7. The Bertz CT molecular complexity index is 1370. The molecule has 1 aromatic heterocycles. The summed E-state index contributed by atoms with van der Waals surface area (Å²) in [4.78, 5) is 34.2. The first kappa shape index (κ1) is 27.7. The number of nitrogens with zero attached hydrogens (tertiary/aromatic N) is 4. The molecule has 1 aliphatic rings. The lowest BCUT2D eigenvalue weighted by molar-refractivity contribution is -0.384. The minimum absolute atomic E-state index is 0.00764. The molecule has 3 aromatic rings. The number of rotatable bonds is 8. The van der Waals surface area contributed by atoms with Gasteiger partial charge in [0, 0.05) is 30.5 Å². The molecule has 1 fully saturated rings. The van der Waals surface area contributed by atoms with Gasteiger partial charge in [-0.05, 0) is 63.9 Å². The van der Waals surface area contributed by atoms with Gasteiger partial charge in [0.2, 0.25) is 5.95 Å². The van der Waals surface area contributed by atoms with E-state index in [1.54, 1.807) is 51.1 Å². The highest BCUT2D eigenvalue weighted by Crippen LogP contribution is 2.35. The second-order valence-electron chi connectivity index (χ2n) is 9.84. The summed E-state index contributed by atoms with van der Waals surface area (Å²) >= 11 is 6.36. The van der Waals surface area contributed by atoms with Gasteiger partial charge >= 0.3 is 6.09 Å². The van der Waals surface area contributed by atoms with Crippen LogP contribution in [0.2, 0.25) is 5.02 Å². The van der Waals surface area contributed by atoms with Crippen molar-refractivity contribution in [2.45, 2.75) is 39.2 Å². The predicted molar refractivity (Wildman–Crippen MR) is 151 cm³/mol. The van der Waals surface area contributed by atoms with E-state index in [1.165, 1.54) is 19.4 Å². The van der Waals surface area contributed by atoms with Crippen molar-refractivity contribution in [3.63, 3.8) is 0 Å². The Morgan fingerprint density at radius 2 is 1.82 bits per heavy atom. The maximum Gasteiger partial charge on any atom is 0.412 e. The Balaban J connectivity index is 1.55. The van der Waals surface area contributed by atoms with E-state index in [0.717, 1.165) is 25.9 Å². The highest BCUT2D eigenvalue weighted by Gasteiger charge is 2.23. The molecule has 3 N–H and O–H groups in total. The quantitative estimate of drug-likeness (QED) is 0.208. The number of hydrogen-bond acceptors (Lipinski definition) is 10. The summed E-state index contributed by atoms with van der Waals surface area (Å²) in [5.74, 6) is 0.902. The summed E-state index contributed by atoms with van der Waals surface area (Å²) in [6.07, 6.45) is 2.82. The Morgan fingerprint density at radius 3 is 2.49 bits per heavy atom. The van der Waals surface area contributed by atoms with E-state index in [4.69, 9.17) is 21.1 Å². The Labute approximate surface area is 230 Å². The van der Waals surface area contributed by atoms with Crippen LogP contribution < -0.4 is 25.6 Å². The number of carbonyl (C=O) groups excluding carboxylic acids is 1. The first-order chi connectivity index (χ1) is 18.5. The number of amides is 1. The van der Waals surface area contributed by atoms with Crippen LogP contribution >= 0.6 is 11.6 Å². The van der Waals surface area contributed by atoms with Gasteiger partial charge in [-0.25, -0.2) is 9.78 Å². The highest BCUT2D eigenvalue weighted by atomic mass is 35.5. The third-order valence-electron chi connectivity index (χ3n) is 5.72. The number of carbonyl (C=O) groups is 1. The summed E-state index contributed by atoms with van der Waals surface area (Å²) in [5.41, 5.74) is 1.34. The minimum atomic E-state index is -0.648. The van der Waals surface area contributed by atoms with Crippen LogP contribution in [0.1, 0.15) is 33.6 Å². The lowest BCUT2D eigenvalue weighted by Crippen LogP contribution is -2.27. The number of hydrogen-bond donors (Lipinski definition) is 3. The topological polar surface area (TPSA) is 144 Å². The summed E-state index contributed by atoms with van der Waals surface area (Å²) in [6, 6.07) is 9.93. The number of nitro groups is 1. The summed E-state index contributed by atoms with van der Waals surface area (Å²) in [7, 11) is 1.51. The zero-order valence-electron chi connectivity index (χ0n) is 22.1. The van der Waals surface area contributed by atoms with Gasteiger partial charge in [0.05, 0.1) is 23.9 Å². The molecule has 12 nitrogen and oxygen atoms in total. The van der Waals surface area contributed by atoms with Crippen LogP contribution in [0.5, 0.6) is 5.75 Å². The van der Waals surface area contributed by atoms with Crippen molar-refractivity contribution in [1.29, 1.82) is 0 Å². The van der Waals surface area contributed by atoms with Gasteiger partial charge in [0.15, 0.2) is 5.82 Å². The molecule has 2 heterocycles. The monoisotopic (exact) mass is 555 g/mol. The number of aromatic nitrogens is 2. The van der Waals surface area contributed by atoms with Crippen molar-refractivity contribution >= 4 is 57.9 Å². The smallest absolute Gasteiger partial charge is 0.412 e. The van der Waals surface area contributed by atoms with Crippen LogP contribution in [0.25, 0.3) is 0 Å². The molecule has 13 heteroatoms. The van der Waals surface area contributed by atoms with Gasteiger partial charge in [-0.1, -0.05) is 11.6 Å². The molecule has 0 spiro atoms. The molecule has 1 aliphatic heterocycles.